The molecule has 2 rings (SSSR count). The topological polar surface area (TPSA) is 77.2 Å². The molecule has 0 saturated carbocycles. The first-order valence-corrected chi connectivity index (χ1v) is 6.19. The maximum Gasteiger partial charge on any atom is 0.328 e. The highest BCUT2D eigenvalue weighted by Gasteiger charge is 2.14. The van der Waals surface area contributed by atoms with E-state index in [4.69, 9.17) is 10.5 Å². The minimum Gasteiger partial charge on any atom is -0.464 e. The molecule has 0 amide bonds. The number of nitrogens with two attached hydrogens (primary N) is 1. The fraction of sp³-hybridized carbons (Fsp3) is 0.286. The minimum atomic E-state index is -0.414. The van der Waals surface area contributed by atoms with Crippen molar-refractivity contribution in [2.24, 2.45) is 0 Å². The molecule has 1 aromatic heterocycles. The molecule has 19 heavy (non-hydrogen) atoms. The molecule has 0 bridgehead atoms. The van der Waals surface area contributed by atoms with Crippen molar-refractivity contribution in [1.29, 1.82) is 0 Å². The van der Waals surface area contributed by atoms with Crippen LogP contribution in [0.25, 0.3) is 10.9 Å². The van der Waals surface area contributed by atoms with Crippen molar-refractivity contribution in [3.05, 3.63) is 30.5 Å². The molecular formula is C14H17N3O2. The van der Waals surface area contributed by atoms with Crippen LogP contribution >= 0.6 is 0 Å². The van der Waals surface area contributed by atoms with E-state index >= 15 is 0 Å². The van der Waals surface area contributed by atoms with Crippen molar-refractivity contribution >= 4 is 28.2 Å². The largest absolute Gasteiger partial charge is 0.464 e. The van der Waals surface area contributed by atoms with Crippen molar-refractivity contribution < 1.29 is 9.53 Å². The summed E-state index contributed by atoms with van der Waals surface area (Å²) in [7, 11) is 0. The van der Waals surface area contributed by atoms with E-state index in [0.29, 0.717) is 12.3 Å². The van der Waals surface area contributed by atoms with Crippen molar-refractivity contribution in [2.75, 3.05) is 17.7 Å². The molecule has 0 spiro atoms. The molecule has 1 atom stereocenters. The molecule has 0 saturated heterocycles. The molecule has 1 heterocycles. The van der Waals surface area contributed by atoms with Gasteiger partial charge in [-0.15, -0.1) is 0 Å². The fourth-order valence-electron chi connectivity index (χ4n) is 1.85. The number of nitrogens with zero attached hydrogens (tertiary/aromatic N) is 1. The molecule has 1 unspecified atom stereocenters. The van der Waals surface area contributed by atoms with Gasteiger partial charge in [0, 0.05) is 23.0 Å². The number of hydrogen-bond donors (Lipinski definition) is 2. The number of anilines is 2. The van der Waals surface area contributed by atoms with Crippen LogP contribution < -0.4 is 11.1 Å². The smallest absolute Gasteiger partial charge is 0.328 e. The summed E-state index contributed by atoms with van der Waals surface area (Å²) >= 11 is 0. The molecule has 5 heteroatoms. The Labute approximate surface area is 111 Å². The highest BCUT2D eigenvalue weighted by atomic mass is 16.5. The quantitative estimate of drug-likeness (QED) is 0.650. The number of hydrogen-bond acceptors (Lipinski definition) is 5. The van der Waals surface area contributed by atoms with Crippen molar-refractivity contribution in [3.8, 4) is 0 Å². The van der Waals surface area contributed by atoms with Gasteiger partial charge in [-0.05, 0) is 38.1 Å². The molecule has 3 N–H and O–H groups in total. The van der Waals surface area contributed by atoms with Gasteiger partial charge in [-0.3, -0.25) is 4.98 Å². The average Bonchev–Trinajstić information content (AvgIpc) is 2.38. The first kappa shape index (κ1) is 13.1. The number of esters is 1. The van der Waals surface area contributed by atoms with Crippen LogP contribution in [0.15, 0.2) is 30.5 Å². The number of fused-ring (bicyclic) bond motifs is 1. The molecule has 0 fully saturated rings. The molecular weight excluding hydrogens is 242 g/mol. The zero-order chi connectivity index (χ0) is 13.8. The molecule has 1 aromatic carbocycles. The lowest BCUT2D eigenvalue weighted by Crippen LogP contribution is -2.28. The van der Waals surface area contributed by atoms with Crippen LogP contribution in [0.4, 0.5) is 11.4 Å². The van der Waals surface area contributed by atoms with E-state index in [1.165, 1.54) is 0 Å². The summed E-state index contributed by atoms with van der Waals surface area (Å²) < 4.78 is 4.97. The van der Waals surface area contributed by atoms with Gasteiger partial charge in [-0.1, -0.05) is 0 Å². The summed E-state index contributed by atoms with van der Waals surface area (Å²) in [6, 6.07) is 6.91. The zero-order valence-corrected chi connectivity index (χ0v) is 11.0. The first-order valence-electron chi connectivity index (χ1n) is 6.19. The second-order valence-corrected chi connectivity index (χ2v) is 4.25. The van der Waals surface area contributed by atoms with E-state index < -0.39 is 6.04 Å². The van der Waals surface area contributed by atoms with E-state index in [9.17, 15) is 4.79 Å². The Balaban J connectivity index is 2.28. The highest BCUT2D eigenvalue weighted by Crippen LogP contribution is 2.23. The number of pyridine rings is 1. The Morgan fingerprint density at radius 2 is 2.26 bits per heavy atom. The number of nitrogen functional groups attached to an aromatic ring is 1. The Kier molecular flexibility index (Phi) is 3.85. The van der Waals surface area contributed by atoms with Crippen LogP contribution in [-0.4, -0.2) is 23.6 Å². The minimum absolute atomic E-state index is 0.275. The van der Waals surface area contributed by atoms with Gasteiger partial charge in [0.25, 0.3) is 0 Å². The maximum absolute atomic E-state index is 11.6. The van der Waals surface area contributed by atoms with Crippen LogP contribution in [0.2, 0.25) is 0 Å². The number of aromatic nitrogens is 1. The predicted octanol–water partition coefficient (Wildman–Crippen LogP) is 2.18. The lowest BCUT2D eigenvalue weighted by molar-refractivity contribution is -0.143. The van der Waals surface area contributed by atoms with Gasteiger partial charge in [0.15, 0.2) is 0 Å². The number of carbonyl (C=O) groups excluding carboxylic acids is 1. The number of benzene rings is 1. The van der Waals surface area contributed by atoms with Crippen molar-refractivity contribution in [1.82, 2.24) is 4.98 Å². The van der Waals surface area contributed by atoms with Crippen LogP contribution in [0.3, 0.4) is 0 Å². The standard InChI is InChI=1S/C14H17N3O2/c1-3-19-14(18)9(2)17-12-6-7-16-13-8-10(15)4-5-11(12)13/h4-9H,3,15H2,1-2H3,(H,16,17). The van der Waals surface area contributed by atoms with Gasteiger partial charge in [0.1, 0.15) is 6.04 Å². The fourth-order valence-corrected chi connectivity index (χ4v) is 1.85. The van der Waals surface area contributed by atoms with Crippen LogP contribution in [-0.2, 0) is 9.53 Å². The molecule has 5 nitrogen and oxygen atoms in total. The van der Waals surface area contributed by atoms with Gasteiger partial charge in [0.05, 0.1) is 12.1 Å². The summed E-state index contributed by atoms with van der Waals surface area (Å²) in [6.07, 6.45) is 1.68. The third-order valence-corrected chi connectivity index (χ3v) is 2.78. The summed E-state index contributed by atoms with van der Waals surface area (Å²) in [4.78, 5) is 15.9. The molecule has 100 valence electrons. The number of carbonyl (C=O) groups is 1. The lowest BCUT2D eigenvalue weighted by atomic mass is 10.1. The summed E-state index contributed by atoms with van der Waals surface area (Å²) in [6.45, 7) is 3.93. The van der Waals surface area contributed by atoms with Crippen molar-refractivity contribution in [2.45, 2.75) is 19.9 Å². The monoisotopic (exact) mass is 259 g/mol. The Bertz CT molecular complexity index is 598. The van der Waals surface area contributed by atoms with E-state index in [0.717, 1.165) is 16.6 Å². The summed E-state index contributed by atoms with van der Waals surface area (Å²) in [5, 5.41) is 4.06. The summed E-state index contributed by atoms with van der Waals surface area (Å²) in [5.74, 6) is -0.275. The predicted molar refractivity (Wildman–Crippen MR) is 75.9 cm³/mol. The molecule has 2 aromatic rings. The average molecular weight is 259 g/mol. The SMILES string of the molecule is CCOC(=O)C(C)Nc1ccnc2cc(N)ccc12. The van der Waals surface area contributed by atoms with Crippen LogP contribution in [0.1, 0.15) is 13.8 Å². The van der Waals surface area contributed by atoms with E-state index in [1.54, 1.807) is 26.1 Å². The third-order valence-electron chi connectivity index (χ3n) is 2.78. The molecule has 0 aliphatic rings. The van der Waals surface area contributed by atoms with E-state index in [-0.39, 0.29) is 5.97 Å². The van der Waals surface area contributed by atoms with Crippen molar-refractivity contribution in [3.63, 3.8) is 0 Å². The van der Waals surface area contributed by atoms with Gasteiger partial charge in [0.2, 0.25) is 0 Å². The molecule has 0 aliphatic carbocycles. The summed E-state index contributed by atoms with van der Waals surface area (Å²) in [5.41, 5.74) is 8.02. The highest BCUT2D eigenvalue weighted by molar-refractivity contribution is 5.94. The Morgan fingerprint density at radius 3 is 3.00 bits per heavy atom. The molecule has 0 aliphatic heterocycles. The Hall–Kier alpha value is -2.30. The van der Waals surface area contributed by atoms with Crippen LogP contribution in [0.5, 0.6) is 0 Å². The molecule has 0 radical (unpaired) electrons. The number of rotatable bonds is 4. The van der Waals surface area contributed by atoms with Gasteiger partial charge >= 0.3 is 5.97 Å². The lowest BCUT2D eigenvalue weighted by Gasteiger charge is -2.15. The van der Waals surface area contributed by atoms with Crippen LogP contribution in [0, 0.1) is 0 Å². The number of nitrogens with one attached hydrogen (secondary N) is 1. The maximum atomic E-state index is 11.6. The van der Waals surface area contributed by atoms with E-state index in [1.807, 2.05) is 18.2 Å². The second kappa shape index (κ2) is 5.56. The number of ether oxygens (including phenoxy) is 1. The van der Waals surface area contributed by atoms with E-state index in [2.05, 4.69) is 10.3 Å². The van der Waals surface area contributed by atoms with Gasteiger partial charge in [-0.2, -0.15) is 0 Å². The van der Waals surface area contributed by atoms with Gasteiger partial charge < -0.3 is 15.8 Å². The first-order chi connectivity index (χ1) is 9.11. The zero-order valence-electron chi connectivity index (χ0n) is 11.0. The Morgan fingerprint density at radius 1 is 1.47 bits per heavy atom. The van der Waals surface area contributed by atoms with Gasteiger partial charge in [-0.25, -0.2) is 4.79 Å². The normalized spacial score (nSPS) is 12.1. The second-order valence-electron chi connectivity index (χ2n) is 4.25. The third kappa shape index (κ3) is 2.93.